The van der Waals surface area contributed by atoms with E-state index in [1.165, 1.54) is 0 Å². The second-order valence-electron chi connectivity index (χ2n) is 4.18. The largest absolute Gasteiger partial charge is 0.289 e. The second-order valence-corrected chi connectivity index (χ2v) is 7.38. The summed E-state index contributed by atoms with van der Waals surface area (Å²) in [5.41, 5.74) is 2.37. The van der Waals surface area contributed by atoms with Crippen LogP contribution in [-0.2, 0) is 3.79 Å². The SMILES string of the molecule is ClC(Cl)(Cl)c1ccc(-c2cn3cc(Br)cnc3n2)cc1. The first kappa shape index (κ1) is 14.1. The van der Waals surface area contributed by atoms with Crippen molar-refractivity contribution in [2.75, 3.05) is 0 Å². The molecule has 0 bridgehead atoms. The lowest BCUT2D eigenvalue weighted by Crippen LogP contribution is -1.98. The average Bonchev–Trinajstić information content (AvgIpc) is 2.80. The van der Waals surface area contributed by atoms with Crippen molar-refractivity contribution >= 4 is 56.5 Å². The van der Waals surface area contributed by atoms with E-state index in [0.29, 0.717) is 11.3 Å². The van der Waals surface area contributed by atoms with Gasteiger partial charge in [-0.1, -0.05) is 59.1 Å². The van der Waals surface area contributed by atoms with Crippen LogP contribution in [0.2, 0.25) is 0 Å². The molecular weight excluding hydrogens is 384 g/mol. The summed E-state index contributed by atoms with van der Waals surface area (Å²) in [4.78, 5) is 8.67. The van der Waals surface area contributed by atoms with Gasteiger partial charge < -0.3 is 0 Å². The van der Waals surface area contributed by atoms with Crippen molar-refractivity contribution in [1.29, 1.82) is 0 Å². The van der Waals surface area contributed by atoms with Crippen LogP contribution in [0, 0.1) is 0 Å². The summed E-state index contributed by atoms with van der Waals surface area (Å²) in [6, 6.07) is 7.29. The molecule has 102 valence electrons. The number of imidazole rings is 1. The number of hydrogen-bond donors (Lipinski definition) is 0. The van der Waals surface area contributed by atoms with Crippen molar-refractivity contribution in [1.82, 2.24) is 14.4 Å². The third kappa shape index (κ3) is 2.79. The predicted molar refractivity (Wildman–Crippen MR) is 85.4 cm³/mol. The lowest BCUT2D eigenvalue weighted by molar-refractivity contribution is 1.10. The fraction of sp³-hybridized carbons (Fsp3) is 0.0769. The van der Waals surface area contributed by atoms with Gasteiger partial charge in [0, 0.05) is 29.7 Å². The molecule has 0 spiro atoms. The van der Waals surface area contributed by atoms with Gasteiger partial charge in [0.15, 0.2) is 0 Å². The highest BCUT2D eigenvalue weighted by molar-refractivity contribution is 9.10. The summed E-state index contributed by atoms with van der Waals surface area (Å²) in [7, 11) is 0. The molecule has 20 heavy (non-hydrogen) atoms. The number of hydrogen-bond acceptors (Lipinski definition) is 2. The van der Waals surface area contributed by atoms with E-state index >= 15 is 0 Å². The van der Waals surface area contributed by atoms with E-state index in [4.69, 9.17) is 34.8 Å². The minimum absolute atomic E-state index is 0.621. The molecule has 0 amide bonds. The van der Waals surface area contributed by atoms with E-state index in [1.54, 1.807) is 18.3 Å². The van der Waals surface area contributed by atoms with Gasteiger partial charge in [0.05, 0.1) is 10.2 Å². The molecule has 2 heterocycles. The van der Waals surface area contributed by atoms with Crippen molar-refractivity contribution in [3.63, 3.8) is 0 Å². The molecule has 2 aromatic heterocycles. The fourth-order valence-corrected chi connectivity index (χ4v) is 2.53. The van der Waals surface area contributed by atoms with Gasteiger partial charge in [0.25, 0.3) is 0 Å². The molecule has 0 saturated heterocycles. The Labute approximate surface area is 138 Å². The Morgan fingerprint density at radius 3 is 2.40 bits per heavy atom. The Balaban J connectivity index is 2.02. The summed E-state index contributed by atoms with van der Waals surface area (Å²) < 4.78 is 1.33. The number of halogens is 4. The third-order valence-electron chi connectivity index (χ3n) is 2.79. The van der Waals surface area contributed by atoms with E-state index in [9.17, 15) is 0 Å². The van der Waals surface area contributed by atoms with Crippen LogP contribution >= 0.6 is 50.7 Å². The Morgan fingerprint density at radius 1 is 1.05 bits per heavy atom. The van der Waals surface area contributed by atoms with Crippen LogP contribution in [0.3, 0.4) is 0 Å². The van der Waals surface area contributed by atoms with Crippen LogP contribution in [0.15, 0.2) is 47.3 Å². The van der Waals surface area contributed by atoms with E-state index in [2.05, 4.69) is 25.9 Å². The van der Waals surface area contributed by atoms with E-state index < -0.39 is 3.79 Å². The minimum atomic E-state index is -1.41. The first-order valence-corrected chi connectivity index (χ1v) is 7.54. The van der Waals surface area contributed by atoms with Crippen LogP contribution in [0.25, 0.3) is 17.0 Å². The number of benzene rings is 1. The molecule has 0 aliphatic heterocycles. The molecule has 0 atom stereocenters. The van der Waals surface area contributed by atoms with E-state index in [1.807, 2.05) is 28.9 Å². The van der Waals surface area contributed by atoms with Crippen molar-refractivity contribution in [3.8, 4) is 11.3 Å². The zero-order valence-electron chi connectivity index (χ0n) is 9.89. The van der Waals surface area contributed by atoms with Gasteiger partial charge in [0.2, 0.25) is 9.57 Å². The van der Waals surface area contributed by atoms with Crippen molar-refractivity contribution in [2.45, 2.75) is 3.79 Å². The van der Waals surface area contributed by atoms with Crippen LogP contribution < -0.4 is 0 Å². The topological polar surface area (TPSA) is 30.2 Å². The lowest BCUT2D eigenvalue weighted by Gasteiger charge is -2.10. The molecule has 3 rings (SSSR count). The maximum absolute atomic E-state index is 5.83. The first-order valence-electron chi connectivity index (χ1n) is 5.61. The molecule has 0 radical (unpaired) electrons. The smallest absolute Gasteiger partial charge is 0.234 e. The molecule has 0 fully saturated rings. The molecule has 3 aromatic rings. The first-order chi connectivity index (χ1) is 9.43. The average molecular weight is 391 g/mol. The molecule has 0 aliphatic carbocycles. The fourth-order valence-electron chi connectivity index (χ4n) is 1.83. The molecule has 0 saturated carbocycles. The van der Waals surface area contributed by atoms with Gasteiger partial charge in [-0.2, -0.15) is 0 Å². The number of aromatic nitrogens is 3. The van der Waals surface area contributed by atoms with Crippen LogP contribution in [-0.4, -0.2) is 14.4 Å². The summed E-state index contributed by atoms with van der Waals surface area (Å²) in [6.45, 7) is 0. The number of alkyl halides is 3. The second kappa shape index (κ2) is 5.19. The van der Waals surface area contributed by atoms with E-state index in [-0.39, 0.29) is 0 Å². The van der Waals surface area contributed by atoms with Crippen LogP contribution in [0.4, 0.5) is 0 Å². The van der Waals surface area contributed by atoms with Gasteiger partial charge in [-0.05, 0) is 15.9 Å². The summed E-state index contributed by atoms with van der Waals surface area (Å²) in [6.07, 6.45) is 5.50. The number of fused-ring (bicyclic) bond motifs is 1. The predicted octanol–water partition coefficient (Wildman–Crippen LogP) is 4.99. The standard InChI is InChI=1S/C13H7BrCl3N3/c14-10-5-18-12-19-11(7-20(12)6-10)8-1-3-9(4-2-8)13(15,16)17/h1-7H. The van der Waals surface area contributed by atoms with Gasteiger partial charge in [-0.15, -0.1) is 0 Å². The van der Waals surface area contributed by atoms with Crippen molar-refractivity contribution < 1.29 is 0 Å². The Kier molecular flexibility index (Phi) is 3.67. The highest BCUT2D eigenvalue weighted by Gasteiger charge is 2.22. The highest BCUT2D eigenvalue weighted by atomic mass is 79.9. The van der Waals surface area contributed by atoms with Gasteiger partial charge in [0.1, 0.15) is 0 Å². The quantitative estimate of drug-likeness (QED) is 0.548. The monoisotopic (exact) mass is 389 g/mol. The van der Waals surface area contributed by atoms with Gasteiger partial charge >= 0.3 is 0 Å². The maximum Gasteiger partial charge on any atom is 0.234 e. The maximum atomic E-state index is 5.83. The molecule has 0 N–H and O–H groups in total. The molecule has 3 nitrogen and oxygen atoms in total. The number of rotatable bonds is 1. The van der Waals surface area contributed by atoms with Gasteiger partial charge in [-0.3, -0.25) is 4.40 Å². The molecular formula is C13H7BrCl3N3. The van der Waals surface area contributed by atoms with Gasteiger partial charge in [-0.25, -0.2) is 9.97 Å². The Bertz CT molecular complexity index is 763. The van der Waals surface area contributed by atoms with Crippen molar-refractivity contribution in [3.05, 3.63) is 52.9 Å². The zero-order valence-corrected chi connectivity index (χ0v) is 13.7. The Morgan fingerprint density at radius 2 is 1.75 bits per heavy atom. The highest BCUT2D eigenvalue weighted by Crippen LogP contribution is 2.38. The van der Waals surface area contributed by atoms with Crippen LogP contribution in [0.1, 0.15) is 5.56 Å². The lowest BCUT2D eigenvalue weighted by atomic mass is 10.1. The van der Waals surface area contributed by atoms with E-state index in [0.717, 1.165) is 15.7 Å². The molecule has 1 aromatic carbocycles. The number of nitrogens with zero attached hydrogens (tertiary/aromatic N) is 3. The zero-order chi connectivity index (χ0) is 14.3. The normalized spacial score (nSPS) is 12.0. The molecule has 0 unspecified atom stereocenters. The summed E-state index contributed by atoms with van der Waals surface area (Å²) in [5, 5.41) is 0. The molecule has 0 aliphatic rings. The third-order valence-corrected chi connectivity index (χ3v) is 3.85. The summed E-state index contributed by atoms with van der Waals surface area (Å²) >= 11 is 20.9. The minimum Gasteiger partial charge on any atom is -0.289 e. The van der Waals surface area contributed by atoms with Crippen molar-refractivity contribution in [2.24, 2.45) is 0 Å². The summed E-state index contributed by atoms with van der Waals surface area (Å²) in [5.74, 6) is 0.633. The molecule has 7 heteroatoms. The Hall–Kier alpha value is -0.810. The van der Waals surface area contributed by atoms with Crippen LogP contribution in [0.5, 0.6) is 0 Å².